The molecule has 1 amide bonds. The summed E-state index contributed by atoms with van der Waals surface area (Å²) >= 11 is 0. The Morgan fingerprint density at radius 3 is 2.67 bits per heavy atom. The first kappa shape index (κ1) is 10.5. The number of hydrogen-bond donors (Lipinski definition) is 1. The molecule has 0 unspecified atom stereocenters. The molecule has 4 heteroatoms. The van der Waals surface area contributed by atoms with Gasteiger partial charge in [0.05, 0.1) is 0 Å². The van der Waals surface area contributed by atoms with Crippen LogP contribution in [0.4, 0.5) is 0 Å². The van der Waals surface area contributed by atoms with Crippen LogP contribution < -0.4 is 5.73 Å². The van der Waals surface area contributed by atoms with E-state index in [2.05, 4.69) is 11.9 Å². The number of amides is 1. The zero-order valence-electron chi connectivity index (χ0n) is 9.49. The molecule has 0 aromatic heterocycles. The van der Waals surface area contributed by atoms with Crippen molar-refractivity contribution < 1.29 is 4.79 Å². The van der Waals surface area contributed by atoms with Gasteiger partial charge in [-0.25, -0.2) is 4.99 Å². The molecule has 0 spiro atoms. The molecule has 1 aliphatic heterocycles. The van der Waals surface area contributed by atoms with Crippen LogP contribution >= 0.6 is 0 Å². The highest BCUT2D eigenvalue weighted by Gasteiger charge is 2.55. The number of carbonyl (C=O) groups excluding carboxylic acids is 1. The van der Waals surface area contributed by atoms with Gasteiger partial charge in [-0.2, -0.15) is 0 Å². The van der Waals surface area contributed by atoms with Gasteiger partial charge in [0.1, 0.15) is 5.54 Å². The molecule has 15 heavy (non-hydrogen) atoms. The van der Waals surface area contributed by atoms with Gasteiger partial charge in [0.15, 0.2) is 5.96 Å². The van der Waals surface area contributed by atoms with Crippen LogP contribution in [0.5, 0.6) is 0 Å². The van der Waals surface area contributed by atoms with Crippen molar-refractivity contribution in [3.05, 3.63) is 0 Å². The van der Waals surface area contributed by atoms with E-state index in [0.29, 0.717) is 11.9 Å². The number of rotatable bonds is 4. The Hall–Kier alpha value is -1.06. The molecule has 0 radical (unpaired) electrons. The lowest BCUT2D eigenvalue weighted by molar-refractivity contribution is -0.131. The highest BCUT2D eigenvalue weighted by Crippen LogP contribution is 2.47. The highest BCUT2D eigenvalue weighted by atomic mass is 16.2. The third-order valence-corrected chi connectivity index (χ3v) is 3.50. The van der Waals surface area contributed by atoms with Gasteiger partial charge in [0, 0.05) is 7.05 Å². The Kier molecular flexibility index (Phi) is 2.44. The molecule has 4 nitrogen and oxygen atoms in total. The fraction of sp³-hybridized carbons (Fsp3) is 0.818. The van der Waals surface area contributed by atoms with E-state index in [1.165, 1.54) is 4.90 Å². The molecular weight excluding hydrogens is 190 g/mol. The number of unbranched alkanes of at least 4 members (excludes halogenated alkanes) is 1. The summed E-state index contributed by atoms with van der Waals surface area (Å²) in [6.07, 6.45) is 5.26. The highest BCUT2D eigenvalue weighted by molar-refractivity contribution is 6.06. The summed E-state index contributed by atoms with van der Waals surface area (Å²) in [6, 6.07) is 0. The zero-order chi connectivity index (χ0) is 11.1. The van der Waals surface area contributed by atoms with E-state index in [1.54, 1.807) is 7.05 Å². The first-order valence-corrected chi connectivity index (χ1v) is 5.75. The molecule has 2 rings (SSSR count). The van der Waals surface area contributed by atoms with Crippen LogP contribution in [-0.4, -0.2) is 29.4 Å². The lowest BCUT2D eigenvalue weighted by Crippen LogP contribution is -2.43. The molecule has 0 bridgehead atoms. The summed E-state index contributed by atoms with van der Waals surface area (Å²) in [5.41, 5.74) is 5.25. The topological polar surface area (TPSA) is 58.7 Å². The predicted molar refractivity (Wildman–Crippen MR) is 59.4 cm³/mol. The van der Waals surface area contributed by atoms with Gasteiger partial charge < -0.3 is 5.73 Å². The first-order valence-electron chi connectivity index (χ1n) is 5.75. The number of carbonyl (C=O) groups is 1. The monoisotopic (exact) mass is 209 g/mol. The molecule has 1 fully saturated rings. The number of likely N-dealkylation sites (N-methyl/N-ethyl adjacent to an activating group) is 1. The van der Waals surface area contributed by atoms with Gasteiger partial charge in [0.2, 0.25) is 0 Å². The van der Waals surface area contributed by atoms with Crippen LogP contribution in [-0.2, 0) is 4.79 Å². The van der Waals surface area contributed by atoms with Crippen LogP contribution in [0.25, 0.3) is 0 Å². The maximum atomic E-state index is 12.2. The van der Waals surface area contributed by atoms with Gasteiger partial charge in [-0.15, -0.1) is 0 Å². The van der Waals surface area contributed by atoms with Crippen LogP contribution in [0.3, 0.4) is 0 Å². The van der Waals surface area contributed by atoms with Crippen LogP contribution in [0.2, 0.25) is 0 Å². The minimum Gasteiger partial charge on any atom is -0.369 e. The van der Waals surface area contributed by atoms with Crippen LogP contribution in [0.15, 0.2) is 4.99 Å². The minimum absolute atomic E-state index is 0.107. The number of hydrogen-bond acceptors (Lipinski definition) is 3. The van der Waals surface area contributed by atoms with Gasteiger partial charge in [-0.1, -0.05) is 19.8 Å². The SMILES string of the molecule is CCCC[C@]1(C2CC2)N=C(N)N(C)C1=O. The van der Waals surface area contributed by atoms with Crippen LogP contribution in [0.1, 0.15) is 39.0 Å². The quantitative estimate of drug-likeness (QED) is 0.754. The molecule has 1 atom stereocenters. The average molecular weight is 209 g/mol. The van der Waals surface area contributed by atoms with Crippen molar-refractivity contribution >= 4 is 11.9 Å². The van der Waals surface area contributed by atoms with Crippen molar-refractivity contribution in [2.45, 2.75) is 44.6 Å². The summed E-state index contributed by atoms with van der Waals surface area (Å²) in [5, 5.41) is 0. The summed E-state index contributed by atoms with van der Waals surface area (Å²) in [5.74, 6) is 0.944. The predicted octanol–water partition coefficient (Wildman–Crippen LogP) is 1.11. The second-order valence-corrected chi connectivity index (χ2v) is 4.64. The maximum absolute atomic E-state index is 12.2. The maximum Gasteiger partial charge on any atom is 0.257 e. The fourth-order valence-electron chi connectivity index (χ4n) is 2.36. The van der Waals surface area contributed by atoms with Gasteiger partial charge >= 0.3 is 0 Å². The molecule has 0 aromatic rings. The lowest BCUT2D eigenvalue weighted by Gasteiger charge is -2.24. The minimum atomic E-state index is -0.491. The molecule has 2 N–H and O–H groups in total. The first-order chi connectivity index (χ1) is 7.12. The van der Waals surface area contributed by atoms with E-state index in [1.807, 2.05) is 0 Å². The molecule has 2 aliphatic rings. The number of nitrogens with two attached hydrogens (primary N) is 1. The second-order valence-electron chi connectivity index (χ2n) is 4.64. The zero-order valence-corrected chi connectivity index (χ0v) is 9.49. The second kappa shape index (κ2) is 3.51. The Labute approximate surface area is 90.5 Å². The smallest absolute Gasteiger partial charge is 0.257 e. The lowest BCUT2D eigenvalue weighted by atomic mass is 9.87. The third-order valence-electron chi connectivity index (χ3n) is 3.50. The molecule has 1 aliphatic carbocycles. The molecule has 1 saturated carbocycles. The number of aliphatic imine (C=N–C) groups is 1. The van der Waals surface area contributed by atoms with Gasteiger partial charge in [-0.3, -0.25) is 9.69 Å². The van der Waals surface area contributed by atoms with E-state index >= 15 is 0 Å². The molecule has 0 aromatic carbocycles. The Balaban J connectivity index is 2.23. The summed E-state index contributed by atoms with van der Waals surface area (Å²) in [7, 11) is 1.72. The van der Waals surface area contributed by atoms with E-state index < -0.39 is 5.54 Å². The van der Waals surface area contributed by atoms with Crippen molar-refractivity contribution in [1.29, 1.82) is 0 Å². The summed E-state index contributed by atoms with van der Waals surface area (Å²) in [4.78, 5) is 18.1. The van der Waals surface area contributed by atoms with E-state index in [9.17, 15) is 4.79 Å². The van der Waals surface area contributed by atoms with E-state index in [0.717, 1.165) is 32.1 Å². The number of nitrogens with zero attached hydrogens (tertiary/aromatic N) is 2. The van der Waals surface area contributed by atoms with Gasteiger partial charge in [-0.05, 0) is 25.2 Å². The Morgan fingerprint density at radius 2 is 2.27 bits per heavy atom. The molecule has 84 valence electrons. The van der Waals surface area contributed by atoms with Crippen molar-refractivity contribution in [2.24, 2.45) is 16.6 Å². The average Bonchev–Trinajstić information content (AvgIpc) is 3.02. The fourth-order valence-corrected chi connectivity index (χ4v) is 2.36. The number of guanidine groups is 1. The largest absolute Gasteiger partial charge is 0.369 e. The third kappa shape index (κ3) is 1.52. The Bertz CT molecular complexity index is 309. The van der Waals surface area contributed by atoms with Crippen molar-refractivity contribution in [3.63, 3.8) is 0 Å². The molecule has 1 heterocycles. The van der Waals surface area contributed by atoms with Crippen LogP contribution in [0, 0.1) is 5.92 Å². The van der Waals surface area contributed by atoms with E-state index in [4.69, 9.17) is 5.73 Å². The molecular formula is C11H19N3O. The van der Waals surface area contributed by atoms with E-state index in [-0.39, 0.29) is 5.91 Å². The van der Waals surface area contributed by atoms with Crippen molar-refractivity contribution in [2.75, 3.05) is 7.05 Å². The van der Waals surface area contributed by atoms with Crippen molar-refractivity contribution in [1.82, 2.24) is 4.90 Å². The summed E-state index contributed by atoms with van der Waals surface area (Å²) < 4.78 is 0. The van der Waals surface area contributed by atoms with Gasteiger partial charge in [0.25, 0.3) is 5.91 Å². The normalized spacial score (nSPS) is 30.9. The molecule has 0 saturated heterocycles. The summed E-state index contributed by atoms with van der Waals surface area (Å²) in [6.45, 7) is 2.14. The standard InChI is InChI=1S/C11H19N3O/c1-3-4-7-11(8-5-6-8)9(15)14(2)10(12)13-11/h8H,3-7H2,1-2H3,(H2,12,13)/t11-/m1/s1. The van der Waals surface area contributed by atoms with Crippen molar-refractivity contribution in [3.8, 4) is 0 Å². The Morgan fingerprint density at radius 1 is 1.60 bits per heavy atom.